The van der Waals surface area contributed by atoms with Crippen LogP contribution in [0.5, 0.6) is 11.5 Å². The van der Waals surface area contributed by atoms with Crippen LogP contribution in [-0.2, 0) is 9.53 Å². The van der Waals surface area contributed by atoms with Crippen molar-refractivity contribution in [2.45, 2.75) is 33.1 Å². The molecule has 168 valence electrons. The number of nitrogens with zero attached hydrogens (tertiary/aromatic N) is 1. The average molecular weight is 464 g/mol. The summed E-state index contributed by atoms with van der Waals surface area (Å²) in [5.41, 5.74) is -0.493. The topological polar surface area (TPSA) is 59.3 Å². The Morgan fingerprint density at radius 1 is 1.09 bits per heavy atom. The van der Waals surface area contributed by atoms with Gasteiger partial charge in [-0.15, -0.1) is 0 Å². The Morgan fingerprint density at radius 3 is 2.31 bits per heavy atom. The number of alkyl halides is 3. The molecular formula is C24H21ClF3NO3. The molecule has 1 aliphatic carbocycles. The van der Waals surface area contributed by atoms with Gasteiger partial charge in [0.15, 0.2) is 0 Å². The lowest BCUT2D eigenvalue weighted by atomic mass is 10.0. The van der Waals surface area contributed by atoms with Crippen LogP contribution in [0.2, 0.25) is 0 Å². The molecule has 2 aromatic carbocycles. The Kier molecular flexibility index (Phi) is 6.56. The van der Waals surface area contributed by atoms with Crippen LogP contribution >= 0.6 is 11.6 Å². The summed E-state index contributed by atoms with van der Waals surface area (Å²) in [5, 5.41) is 8.34. The number of nitriles is 1. The minimum absolute atomic E-state index is 0.113. The van der Waals surface area contributed by atoms with Gasteiger partial charge < -0.3 is 9.47 Å². The van der Waals surface area contributed by atoms with Crippen LogP contribution in [0.4, 0.5) is 13.2 Å². The van der Waals surface area contributed by atoms with Gasteiger partial charge in [0.05, 0.1) is 5.92 Å². The molecule has 8 heteroatoms. The van der Waals surface area contributed by atoms with Gasteiger partial charge in [-0.1, -0.05) is 55.8 Å². The first-order valence-corrected chi connectivity index (χ1v) is 10.2. The van der Waals surface area contributed by atoms with E-state index in [0.717, 1.165) is 0 Å². The summed E-state index contributed by atoms with van der Waals surface area (Å²) in [6.07, 6.45) is -5.92. The monoisotopic (exact) mass is 463 g/mol. The predicted octanol–water partition coefficient (Wildman–Crippen LogP) is 6.93. The van der Waals surface area contributed by atoms with E-state index in [1.165, 1.54) is 6.92 Å². The number of allylic oxidation sites excluding steroid dienone is 2. The first kappa shape index (κ1) is 23.7. The molecule has 32 heavy (non-hydrogen) atoms. The molecule has 3 atom stereocenters. The van der Waals surface area contributed by atoms with Crippen LogP contribution in [0.1, 0.15) is 32.4 Å². The lowest BCUT2D eigenvalue weighted by Gasteiger charge is -2.14. The second-order valence-corrected chi connectivity index (χ2v) is 8.58. The molecule has 0 aliphatic heterocycles. The van der Waals surface area contributed by atoms with Crippen molar-refractivity contribution in [1.82, 2.24) is 0 Å². The number of hydrogen-bond acceptors (Lipinski definition) is 4. The number of carbonyl (C=O) groups is 1. The zero-order chi connectivity index (χ0) is 23.7. The van der Waals surface area contributed by atoms with Crippen LogP contribution in [-0.4, -0.2) is 12.1 Å². The Labute approximate surface area is 189 Å². The summed E-state index contributed by atoms with van der Waals surface area (Å²) < 4.78 is 50.1. The van der Waals surface area contributed by atoms with Gasteiger partial charge in [0, 0.05) is 11.5 Å². The van der Waals surface area contributed by atoms with Crippen molar-refractivity contribution >= 4 is 17.6 Å². The molecular weight excluding hydrogens is 443 g/mol. The van der Waals surface area contributed by atoms with E-state index in [2.05, 4.69) is 0 Å². The van der Waals surface area contributed by atoms with Gasteiger partial charge in [-0.25, -0.2) is 0 Å². The van der Waals surface area contributed by atoms with Crippen molar-refractivity contribution in [2.24, 2.45) is 17.3 Å². The summed E-state index contributed by atoms with van der Waals surface area (Å²) >= 11 is 5.49. The molecule has 0 bridgehead atoms. The number of benzene rings is 2. The quantitative estimate of drug-likeness (QED) is 0.435. The summed E-state index contributed by atoms with van der Waals surface area (Å²) in [6.45, 7) is 4.61. The van der Waals surface area contributed by atoms with E-state index in [0.29, 0.717) is 17.1 Å². The Hall–Kier alpha value is -2.98. The molecule has 3 rings (SSSR count). The first-order valence-electron chi connectivity index (χ1n) is 9.83. The zero-order valence-corrected chi connectivity index (χ0v) is 18.4. The smallest absolute Gasteiger partial charge is 0.426 e. The Bertz CT molecular complexity index is 1070. The standard InChI is InChI=1S/C24H21ClF3NO3/c1-14(21(25)24(26,27)28)19-20(23(19,2)3)22(30)32-18(13-29)15-8-7-11-17(12-15)31-16-9-5-4-6-10-16/h4-12,18-20H,1-3H3/b21-14-/t18-,19+,20+/m0/s1. The van der Waals surface area contributed by atoms with Crippen LogP contribution in [0.3, 0.4) is 0 Å². The lowest BCUT2D eigenvalue weighted by Crippen LogP contribution is -2.15. The van der Waals surface area contributed by atoms with E-state index in [1.54, 1.807) is 50.2 Å². The molecule has 1 aliphatic rings. The highest BCUT2D eigenvalue weighted by molar-refractivity contribution is 6.30. The number of hydrogen-bond donors (Lipinski definition) is 0. The third-order valence-corrected chi connectivity index (χ3v) is 6.15. The molecule has 0 saturated heterocycles. The summed E-state index contributed by atoms with van der Waals surface area (Å²) in [7, 11) is 0. The predicted molar refractivity (Wildman–Crippen MR) is 113 cm³/mol. The van der Waals surface area contributed by atoms with Crippen molar-refractivity contribution in [2.75, 3.05) is 0 Å². The minimum Gasteiger partial charge on any atom is -0.457 e. The lowest BCUT2D eigenvalue weighted by molar-refractivity contribution is -0.149. The van der Waals surface area contributed by atoms with E-state index in [4.69, 9.17) is 21.1 Å². The van der Waals surface area contributed by atoms with E-state index in [1.807, 2.05) is 24.3 Å². The van der Waals surface area contributed by atoms with Gasteiger partial charge in [0.25, 0.3) is 0 Å². The van der Waals surface area contributed by atoms with Gasteiger partial charge in [0.2, 0.25) is 6.10 Å². The molecule has 0 amide bonds. The van der Waals surface area contributed by atoms with E-state index >= 15 is 0 Å². The molecule has 0 heterocycles. The maximum Gasteiger partial charge on any atom is 0.426 e. The number of esters is 1. The van der Waals surface area contributed by atoms with E-state index < -0.39 is 40.5 Å². The van der Waals surface area contributed by atoms with Crippen molar-refractivity contribution < 1.29 is 27.4 Å². The van der Waals surface area contributed by atoms with Gasteiger partial charge in [-0.2, -0.15) is 18.4 Å². The maximum atomic E-state index is 13.0. The number of ether oxygens (including phenoxy) is 2. The van der Waals surface area contributed by atoms with Gasteiger partial charge in [-0.3, -0.25) is 4.79 Å². The second-order valence-electron chi connectivity index (χ2n) is 8.21. The summed E-state index contributed by atoms with van der Waals surface area (Å²) in [5.74, 6) is -1.26. The molecule has 0 spiro atoms. The molecule has 0 aromatic heterocycles. The molecule has 0 unspecified atom stereocenters. The van der Waals surface area contributed by atoms with Crippen molar-refractivity contribution in [3.8, 4) is 17.6 Å². The largest absolute Gasteiger partial charge is 0.457 e. The maximum absolute atomic E-state index is 13.0. The molecule has 0 N–H and O–H groups in total. The first-order chi connectivity index (χ1) is 15.0. The SMILES string of the molecule is C/C(=C(/Cl)C(F)(F)F)[C@@H]1[C@H](C(=O)O[C@@H](C#N)c2cccc(Oc3ccccc3)c2)C1(C)C. The number of carbonyl (C=O) groups excluding carboxylic acids is 1. The van der Waals surface area contributed by atoms with Crippen LogP contribution < -0.4 is 4.74 Å². The zero-order valence-electron chi connectivity index (χ0n) is 17.6. The van der Waals surface area contributed by atoms with Crippen molar-refractivity contribution in [3.63, 3.8) is 0 Å². The average Bonchev–Trinajstić information content (AvgIpc) is 3.33. The second kappa shape index (κ2) is 8.87. The highest BCUT2D eigenvalue weighted by Crippen LogP contribution is 2.63. The third-order valence-electron chi connectivity index (χ3n) is 5.63. The van der Waals surface area contributed by atoms with E-state index in [-0.39, 0.29) is 5.57 Å². The van der Waals surface area contributed by atoms with Crippen LogP contribution in [0, 0.1) is 28.6 Å². The van der Waals surface area contributed by atoms with Gasteiger partial charge in [0.1, 0.15) is 22.6 Å². The minimum atomic E-state index is -4.69. The van der Waals surface area contributed by atoms with Crippen molar-refractivity contribution in [3.05, 3.63) is 70.8 Å². The van der Waals surface area contributed by atoms with E-state index in [9.17, 15) is 23.2 Å². The highest BCUT2D eigenvalue weighted by atomic mass is 35.5. The number of halogens is 4. The van der Waals surface area contributed by atoms with Crippen LogP contribution in [0.25, 0.3) is 0 Å². The Balaban J connectivity index is 1.76. The van der Waals surface area contributed by atoms with Crippen molar-refractivity contribution in [1.29, 1.82) is 5.26 Å². The fraction of sp³-hybridized carbons (Fsp3) is 0.333. The highest BCUT2D eigenvalue weighted by Gasteiger charge is 2.64. The molecule has 1 saturated carbocycles. The summed E-state index contributed by atoms with van der Waals surface area (Å²) in [4.78, 5) is 12.8. The molecule has 0 radical (unpaired) electrons. The molecule has 1 fully saturated rings. The normalized spacial score (nSPS) is 21.1. The Morgan fingerprint density at radius 2 is 1.72 bits per heavy atom. The number of rotatable bonds is 6. The molecule has 4 nitrogen and oxygen atoms in total. The third kappa shape index (κ3) is 4.91. The van der Waals surface area contributed by atoms with Gasteiger partial charge >= 0.3 is 12.1 Å². The van der Waals surface area contributed by atoms with Gasteiger partial charge in [-0.05, 0) is 42.2 Å². The van der Waals surface area contributed by atoms with Crippen LogP contribution in [0.15, 0.2) is 65.2 Å². The fourth-order valence-electron chi connectivity index (χ4n) is 3.97. The molecule has 2 aromatic rings. The fourth-order valence-corrected chi connectivity index (χ4v) is 4.09. The summed E-state index contributed by atoms with van der Waals surface area (Å²) in [6, 6.07) is 17.5. The number of para-hydroxylation sites is 1.